The van der Waals surface area contributed by atoms with Crippen LogP contribution in [0.5, 0.6) is 0 Å². The molecule has 1 N–H and O–H groups in total. The summed E-state index contributed by atoms with van der Waals surface area (Å²) < 4.78 is 5.44. The quantitative estimate of drug-likeness (QED) is 0.519. The molecule has 0 saturated carbocycles. The first kappa shape index (κ1) is 17.2. The molecule has 0 unspecified atom stereocenters. The zero-order valence-electron chi connectivity index (χ0n) is 14.5. The number of amides is 1. The number of nitrogens with zero attached hydrogens (tertiary/aromatic N) is 1. The number of benzene rings is 2. The van der Waals surface area contributed by atoms with E-state index in [9.17, 15) is 4.79 Å². The van der Waals surface area contributed by atoms with Gasteiger partial charge in [0.05, 0.1) is 4.88 Å². The van der Waals surface area contributed by atoms with Crippen LogP contribution in [0, 0.1) is 0 Å². The largest absolute Gasteiger partial charge is 0.442 e. The molecule has 2 aromatic heterocycles. The molecule has 4 aromatic rings. The van der Waals surface area contributed by atoms with E-state index in [4.69, 9.17) is 4.42 Å². The first-order valence-corrected chi connectivity index (χ1v) is 9.56. The molecule has 0 aliphatic carbocycles. The van der Waals surface area contributed by atoms with Gasteiger partial charge in [0.1, 0.15) is 0 Å². The molecule has 4 nitrogen and oxygen atoms in total. The van der Waals surface area contributed by atoms with Crippen LogP contribution in [0.2, 0.25) is 0 Å². The second-order valence-corrected chi connectivity index (χ2v) is 7.04. The monoisotopic (exact) mass is 374 g/mol. The van der Waals surface area contributed by atoms with Crippen LogP contribution in [0.3, 0.4) is 0 Å². The average molecular weight is 374 g/mol. The molecule has 1 amide bonds. The molecule has 27 heavy (non-hydrogen) atoms. The molecule has 0 bridgehead atoms. The number of rotatable bonds is 6. The lowest BCUT2D eigenvalue weighted by Crippen LogP contribution is -2.29. The predicted octanol–water partition coefficient (Wildman–Crippen LogP) is 4.97. The van der Waals surface area contributed by atoms with Crippen molar-refractivity contribution in [3.63, 3.8) is 0 Å². The van der Waals surface area contributed by atoms with Gasteiger partial charge in [-0.2, -0.15) is 0 Å². The number of thiophene rings is 1. The molecule has 134 valence electrons. The average Bonchev–Trinajstić information content (AvgIpc) is 3.41. The summed E-state index contributed by atoms with van der Waals surface area (Å²) in [5.41, 5.74) is 2.63. The highest BCUT2D eigenvalue weighted by Gasteiger charge is 2.21. The Hall–Kier alpha value is -3.18. The molecule has 2 heterocycles. The van der Waals surface area contributed by atoms with Crippen LogP contribution >= 0.6 is 11.3 Å². The van der Waals surface area contributed by atoms with E-state index in [-0.39, 0.29) is 11.8 Å². The third kappa shape index (κ3) is 3.83. The summed E-state index contributed by atoms with van der Waals surface area (Å²) in [6.07, 6.45) is 1.32. The fourth-order valence-corrected chi connectivity index (χ4v) is 3.78. The molecule has 5 heteroatoms. The summed E-state index contributed by atoms with van der Waals surface area (Å²) in [6, 6.07) is 24.2. The molecule has 4 rings (SSSR count). The lowest BCUT2D eigenvalue weighted by Gasteiger charge is -2.18. The summed E-state index contributed by atoms with van der Waals surface area (Å²) in [5, 5.41) is 4.97. The van der Waals surface area contributed by atoms with Crippen molar-refractivity contribution in [3.05, 3.63) is 101 Å². The number of oxazole rings is 1. The van der Waals surface area contributed by atoms with E-state index in [0.717, 1.165) is 16.0 Å². The molecular formula is C22H18N2O2S. The van der Waals surface area contributed by atoms with Crippen LogP contribution < -0.4 is 5.32 Å². The zero-order valence-corrected chi connectivity index (χ0v) is 15.4. The van der Waals surface area contributed by atoms with Gasteiger partial charge in [-0.1, -0.05) is 66.7 Å². The van der Waals surface area contributed by atoms with Crippen molar-refractivity contribution in [3.8, 4) is 10.6 Å². The van der Waals surface area contributed by atoms with E-state index >= 15 is 0 Å². The maximum Gasteiger partial charge on any atom is 0.273 e. The number of carbonyl (C=O) groups excluding carboxylic acids is 1. The summed E-state index contributed by atoms with van der Waals surface area (Å²) in [5.74, 6) is 0.343. The second-order valence-electron chi connectivity index (χ2n) is 6.09. The van der Waals surface area contributed by atoms with Gasteiger partial charge in [0, 0.05) is 12.5 Å². The molecule has 0 radical (unpaired) electrons. The summed E-state index contributed by atoms with van der Waals surface area (Å²) >= 11 is 1.52. The van der Waals surface area contributed by atoms with Crippen LogP contribution in [-0.4, -0.2) is 17.4 Å². The highest BCUT2D eigenvalue weighted by atomic mass is 32.1. The molecule has 2 aromatic carbocycles. The van der Waals surface area contributed by atoms with Crippen molar-refractivity contribution >= 4 is 17.2 Å². The van der Waals surface area contributed by atoms with Gasteiger partial charge in [-0.15, -0.1) is 11.3 Å². The number of hydrogen-bond donors (Lipinski definition) is 1. The normalized spacial score (nSPS) is 10.9. The van der Waals surface area contributed by atoms with Gasteiger partial charge in [0.15, 0.2) is 17.8 Å². The minimum absolute atomic E-state index is 0.0634. The van der Waals surface area contributed by atoms with Crippen LogP contribution in [0.15, 0.2) is 89.0 Å². The second kappa shape index (κ2) is 8.01. The number of carbonyl (C=O) groups is 1. The Morgan fingerprint density at radius 2 is 1.63 bits per heavy atom. The fraction of sp³-hybridized carbons (Fsp3) is 0.0909. The first-order chi connectivity index (χ1) is 13.3. The van der Waals surface area contributed by atoms with Crippen molar-refractivity contribution in [2.75, 3.05) is 6.54 Å². The Kier molecular flexibility index (Phi) is 5.12. The summed E-state index contributed by atoms with van der Waals surface area (Å²) in [7, 11) is 0. The van der Waals surface area contributed by atoms with Gasteiger partial charge >= 0.3 is 0 Å². The van der Waals surface area contributed by atoms with Crippen LogP contribution in [0.25, 0.3) is 10.6 Å². The highest BCUT2D eigenvalue weighted by Crippen LogP contribution is 2.28. The van der Waals surface area contributed by atoms with Crippen LogP contribution in [-0.2, 0) is 0 Å². The molecular weight excluding hydrogens is 356 g/mol. The lowest BCUT2D eigenvalue weighted by molar-refractivity contribution is 0.0948. The number of aromatic nitrogens is 1. The Bertz CT molecular complexity index is 956. The fourth-order valence-electron chi connectivity index (χ4n) is 3.07. The molecule has 0 spiro atoms. The SMILES string of the molecule is O=C(NCC(c1ccccc1)c1ccccc1)c1ncoc1-c1cccs1. The zero-order chi connectivity index (χ0) is 18.5. The summed E-state index contributed by atoms with van der Waals surface area (Å²) in [4.78, 5) is 17.8. The van der Waals surface area contributed by atoms with Gasteiger partial charge in [-0.25, -0.2) is 4.98 Å². The van der Waals surface area contributed by atoms with Gasteiger partial charge in [0.25, 0.3) is 5.91 Å². The maximum atomic E-state index is 12.8. The van der Waals surface area contributed by atoms with Crippen molar-refractivity contribution in [2.45, 2.75) is 5.92 Å². The predicted molar refractivity (Wildman–Crippen MR) is 107 cm³/mol. The molecule has 0 aliphatic heterocycles. The molecule has 0 saturated heterocycles. The topological polar surface area (TPSA) is 55.1 Å². The standard InChI is InChI=1S/C22H18N2O2S/c25-22(20-21(26-15-24-20)19-12-7-13-27-19)23-14-18(16-8-3-1-4-9-16)17-10-5-2-6-11-17/h1-13,15,18H,14H2,(H,23,25). The Morgan fingerprint density at radius 1 is 0.963 bits per heavy atom. The number of nitrogens with one attached hydrogen (secondary N) is 1. The number of hydrogen-bond acceptors (Lipinski definition) is 4. The van der Waals surface area contributed by atoms with Gasteiger partial charge in [-0.05, 0) is 22.6 Å². The first-order valence-electron chi connectivity index (χ1n) is 8.68. The van der Waals surface area contributed by atoms with Crippen molar-refractivity contribution in [1.29, 1.82) is 0 Å². The summed E-state index contributed by atoms with van der Waals surface area (Å²) in [6.45, 7) is 0.476. The van der Waals surface area contributed by atoms with Gasteiger partial charge < -0.3 is 9.73 Å². The van der Waals surface area contributed by atoms with E-state index in [1.165, 1.54) is 17.7 Å². The van der Waals surface area contributed by atoms with Crippen molar-refractivity contribution < 1.29 is 9.21 Å². The Balaban J connectivity index is 1.55. The third-order valence-electron chi connectivity index (χ3n) is 4.40. The Labute approximate surface area is 161 Å². The highest BCUT2D eigenvalue weighted by molar-refractivity contribution is 7.13. The van der Waals surface area contributed by atoms with Crippen LogP contribution in [0.4, 0.5) is 0 Å². The molecule has 0 aliphatic rings. The van der Waals surface area contributed by atoms with Gasteiger partial charge in [0.2, 0.25) is 0 Å². The van der Waals surface area contributed by atoms with E-state index < -0.39 is 0 Å². The van der Waals surface area contributed by atoms with E-state index in [1.54, 1.807) is 0 Å². The minimum Gasteiger partial charge on any atom is -0.442 e. The van der Waals surface area contributed by atoms with Crippen LogP contribution in [0.1, 0.15) is 27.5 Å². The maximum absolute atomic E-state index is 12.8. The molecule has 0 fully saturated rings. The smallest absolute Gasteiger partial charge is 0.273 e. The lowest BCUT2D eigenvalue weighted by atomic mass is 9.91. The third-order valence-corrected chi connectivity index (χ3v) is 5.27. The van der Waals surface area contributed by atoms with E-state index in [2.05, 4.69) is 34.6 Å². The molecule has 0 atom stereocenters. The van der Waals surface area contributed by atoms with E-state index in [1.807, 2.05) is 53.9 Å². The Morgan fingerprint density at radius 3 is 2.22 bits per heavy atom. The van der Waals surface area contributed by atoms with Crippen molar-refractivity contribution in [2.24, 2.45) is 0 Å². The minimum atomic E-state index is -0.232. The van der Waals surface area contributed by atoms with Crippen molar-refractivity contribution in [1.82, 2.24) is 10.3 Å². The van der Waals surface area contributed by atoms with E-state index in [0.29, 0.717) is 18.0 Å². The van der Waals surface area contributed by atoms with Gasteiger partial charge in [-0.3, -0.25) is 4.79 Å².